The van der Waals surface area contributed by atoms with Gasteiger partial charge >= 0.3 is 5.97 Å². The molecule has 170 valence electrons. The van der Waals surface area contributed by atoms with Crippen molar-refractivity contribution in [2.45, 2.75) is 30.6 Å². The summed E-state index contributed by atoms with van der Waals surface area (Å²) in [6, 6.07) is 10.7. The largest absolute Gasteiger partial charge is 0.452 e. The molecule has 0 atom stereocenters. The van der Waals surface area contributed by atoms with Gasteiger partial charge in [-0.3, -0.25) is 14.9 Å². The maximum absolute atomic E-state index is 12.9. The molecule has 0 aliphatic carbocycles. The van der Waals surface area contributed by atoms with Crippen LogP contribution in [0.1, 0.15) is 36.0 Å². The number of carbonyl (C=O) groups is 2. The van der Waals surface area contributed by atoms with Crippen molar-refractivity contribution in [1.82, 2.24) is 4.31 Å². The van der Waals surface area contributed by atoms with E-state index in [-0.39, 0.29) is 21.8 Å². The molecule has 10 nitrogen and oxygen atoms in total. The van der Waals surface area contributed by atoms with Crippen LogP contribution in [0.4, 0.5) is 11.4 Å². The zero-order chi connectivity index (χ0) is 23.1. The van der Waals surface area contributed by atoms with Gasteiger partial charge in [-0.2, -0.15) is 4.31 Å². The molecule has 2 aromatic rings. The maximum atomic E-state index is 12.9. The summed E-state index contributed by atoms with van der Waals surface area (Å²) in [5.74, 6) is -1.46. The van der Waals surface area contributed by atoms with Crippen molar-refractivity contribution >= 4 is 33.3 Å². The Kier molecular flexibility index (Phi) is 7.54. The first-order chi connectivity index (χ1) is 15.3. The van der Waals surface area contributed by atoms with Crippen molar-refractivity contribution < 1.29 is 27.7 Å². The summed E-state index contributed by atoms with van der Waals surface area (Å²) in [6.45, 7) is 0.341. The number of ether oxygens (including phenoxy) is 1. The Morgan fingerprint density at radius 2 is 1.69 bits per heavy atom. The highest BCUT2D eigenvalue weighted by molar-refractivity contribution is 7.89. The molecular formula is C21H23N3O7S. The van der Waals surface area contributed by atoms with Gasteiger partial charge in [-0.05, 0) is 43.2 Å². The number of sulfonamides is 1. The number of rotatable bonds is 7. The predicted molar refractivity (Wildman–Crippen MR) is 116 cm³/mol. The van der Waals surface area contributed by atoms with Crippen LogP contribution in [-0.4, -0.2) is 49.2 Å². The molecule has 1 heterocycles. The van der Waals surface area contributed by atoms with Crippen molar-refractivity contribution in [3.05, 3.63) is 64.2 Å². The van der Waals surface area contributed by atoms with Crippen LogP contribution >= 0.6 is 0 Å². The number of nitro groups is 1. The lowest BCUT2D eigenvalue weighted by Crippen LogP contribution is -2.32. The van der Waals surface area contributed by atoms with Crippen molar-refractivity contribution in [1.29, 1.82) is 0 Å². The van der Waals surface area contributed by atoms with Gasteiger partial charge < -0.3 is 10.1 Å². The molecule has 0 radical (unpaired) electrons. The molecule has 3 rings (SSSR count). The molecule has 1 aliphatic rings. The Bertz CT molecular complexity index is 1090. The summed E-state index contributed by atoms with van der Waals surface area (Å²) in [7, 11) is -3.67. The zero-order valence-electron chi connectivity index (χ0n) is 17.2. The number of nitro benzene ring substituents is 1. The van der Waals surface area contributed by atoms with Crippen LogP contribution in [-0.2, 0) is 19.6 Å². The standard InChI is InChI=1S/C21H23N3O7S/c25-20(15-31-21(26)16-8-10-18(11-9-16)24(27)28)22-17-6-5-7-19(14-17)32(29,30)23-12-3-1-2-4-13-23/h5-11,14H,1-4,12-13,15H2,(H,22,25). The van der Waals surface area contributed by atoms with Crippen LogP contribution in [0.2, 0.25) is 0 Å². The molecule has 2 aromatic carbocycles. The second-order valence-electron chi connectivity index (χ2n) is 7.27. The van der Waals surface area contributed by atoms with Crippen LogP contribution in [0.5, 0.6) is 0 Å². The average molecular weight is 461 g/mol. The van der Waals surface area contributed by atoms with E-state index < -0.39 is 33.4 Å². The van der Waals surface area contributed by atoms with Gasteiger partial charge in [0, 0.05) is 30.9 Å². The normalized spacial score (nSPS) is 14.9. The monoisotopic (exact) mass is 461 g/mol. The van der Waals surface area contributed by atoms with Gasteiger partial charge in [0.2, 0.25) is 10.0 Å². The van der Waals surface area contributed by atoms with Crippen LogP contribution in [0.25, 0.3) is 0 Å². The van der Waals surface area contributed by atoms with Crippen LogP contribution in [0.3, 0.4) is 0 Å². The van der Waals surface area contributed by atoms with E-state index in [9.17, 15) is 28.1 Å². The van der Waals surface area contributed by atoms with Crippen LogP contribution in [0.15, 0.2) is 53.4 Å². The molecule has 1 amide bonds. The van der Waals surface area contributed by atoms with E-state index in [4.69, 9.17) is 4.74 Å². The lowest BCUT2D eigenvalue weighted by atomic mass is 10.2. The van der Waals surface area contributed by atoms with Gasteiger partial charge in [0.15, 0.2) is 6.61 Å². The highest BCUT2D eigenvalue weighted by Gasteiger charge is 2.25. The second kappa shape index (κ2) is 10.3. The Labute approximate surface area is 185 Å². The third-order valence-corrected chi connectivity index (χ3v) is 6.86. The highest BCUT2D eigenvalue weighted by atomic mass is 32.2. The van der Waals surface area contributed by atoms with Gasteiger partial charge in [0.05, 0.1) is 15.4 Å². The van der Waals surface area contributed by atoms with E-state index in [1.54, 1.807) is 0 Å². The summed E-state index contributed by atoms with van der Waals surface area (Å²) < 4.78 is 32.2. The number of benzene rings is 2. The fourth-order valence-corrected chi connectivity index (χ4v) is 4.86. The number of hydrogen-bond donors (Lipinski definition) is 1. The molecule has 0 spiro atoms. The average Bonchev–Trinajstić information content (AvgIpc) is 3.08. The number of anilines is 1. The molecule has 0 aromatic heterocycles. The topological polar surface area (TPSA) is 136 Å². The summed E-state index contributed by atoms with van der Waals surface area (Å²) >= 11 is 0. The van der Waals surface area contributed by atoms with Crippen LogP contribution in [0, 0.1) is 10.1 Å². The molecule has 0 saturated carbocycles. The van der Waals surface area contributed by atoms with Gasteiger partial charge in [-0.25, -0.2) is 13.2 Å². The molecule has 0 bridgehead atoms. The van der Waals surface area contributed by atoms with Gasteiger partial charge in [-0.15, -0.1) is 0 Å². The smallest absolute Gasteiger partial charge is 0.338 e. The number of carbonyl (C=O) groups excluding carboxylic acids is 2. The number of hydrogen-bond acceptors (Lipinski definition) is 7. The summed E-state index contributed by atoms with van der Waals surface area (Å²) in [4.78, 5) is 34.3. The molecule has 0 unspecified atom stereocenters. The van der Waals surface area contributed by atoms with E-state index in [2.05, 4.69) is 5.32 Å². The van der Waals surface area contributed by atoms with E-state index >= 15 is 0 Å². The molecule has 11 heteroatoms. The Morgan fingerprint density at radius 1 is 1.03 bits per heavy atom. The van der Waals surface area contributed by atoms with E-state index in [1.807, 2.05) is 0 Å². The molecule has 1 fully saturated rings. The number of amides is 1. The fraction of sp³-hybridized carbons (Fsp3) is 0.333. The molecule has 1 N–H and O–H groups in total. The first-order valence-corrected chi connectivity index (χ1v) is 11.5. The van der Waals surface area contributed by atoms with Crippen molar-refractivity contribution in [2.75, 3.05) is 25.0 Å². The van der Waals surface area contributed by atoms with E-state index in [1.165, 1.54) is 40.7 Å². The summed E-state index contributed by atoms with van der Waals surface area (Å²) in [6.07, 6.45) is 3.63. The second-order valence-corrected chi connectivity index (χ2v) is 9.21. The van der Waals surface area contributed by atoms with Gasteiger partial charge in [0.25, 0.3) is 11.6 Å². The SMILES string of the molecule is O=C(COC(=O)c1ccc([N+](=O)[O-])cc1)Nc1cccc(S(=O)(=O)N2CCCCCC2)c1. The lowest BCUT2D eigenvalue weighted by Gasteiger charge is -2.20. The summed E-state index contributed by atoms with van der Waals surface area (Å²) in [5.41, 5.74) is 0.153. The van der Waals surface area contributed by atoms with Crippen LogP contribution < -0.4 is 5.32 Å². The number of non-ortho nitro benzene ring substituents is 1. The number of nitrogens with one attached hydrogen (secondary N) is 1. The quantitative estimate of drug-likeness (QED) is 0.380. The van der Waals surface area contributed by atoms with Crippen molar-refractivity contribution in [2.24, 2.45) is 0 Å². The minimum atomic E-state index is -3.67. The Morgan fingerprint density at radius 3 is 2.31 bits per heavy atom. The minimum Gasteiger partial charge on any atom is -0.452 e. The van der Waals surface area contributed by atoms with Crippen molar-refractivity contribution in [3.63, 3.8) is 0 Å². The predicted octanol–water partition coefficient (Wildman–Crippen LogP) is 2.96. The fourth-order valence-electron chi connectivity index (χ4n) is 3.30. The maximum Gasteiger partial charge on any atom is 0.338 e. The number of esters is 1. The third kappa shape index (κ3) is 5.89. The first-order valence-electron chi connectivity index (χ1n) is 10.1. The number of nitrogens with zero attached hydrogens (tertiary/aromatic N) is 2. The minimum absolute atomic E-state index is 0.0638. The first kappa shape index (κ1) is 23.4. The Balaban J connectivity index is 1.59. The van der Waals surface area contributed by atoms with Crippen molar-refractivity contribution in [3.8, 4) is 0 Å². The molecule has 1 aliphatic heterocycles. The molecular weight excluding hydrogens is 438 g/mol. The molecule has 32 heavy (non-hydrogen) atoms. The lowest BCUT2D eigenvalue weighted by molar-refractivity contribution is -0.384. The molecule has 1 saturated heterocycles. The van der Waals surface area contributed by atoms with Gasteiger partial charge in [0.1, 0.15) is 0 Å². The highest BCUT2D eigenvalue weighted by Crippen LogP contribution is 2.22. The third-order valence-electron chi connectivity index (χ3n) is 4.97. The Hall–Kier alpha value is -3.31. The van der Waals surface area contributed by atoms with E-state index in [0.29, 0.717) is 13.1 Å². The van der Waals surface area contributed by atoms with Gasteiger partial charge in [-0.1, -0.05) is 18.9 Å². The zero-order valence-corrected chi connectivity index (χ0v) is 18.0. The summed E-state index contributed by atoms with van der Waals surface area (Å²) in [5, 5.41) is 13.2. The van der Waals surface area contributed by atoms with E-state index in [0.717, 1.165) is 37.8 Å².